The van der Waals surface area contributed by atoms with Crippen molar-refractivity contribution in [2.75, 3.05) is 12.4 Å². The van der Waals surface area contributed by atoms with Gasteiger partial charge in [0.2, 0.25) is 0 Å². The highest BCUT2D eigenvalue weighted by Gasteiger charge is 2.11. The van der Waals surface area contributed by atoms with Gasteiger partial charge in [0.15, 0.2) is 0 Å². The number of aromatic nitrogens is 1. The number of methoxy groups -OCH3 is 1. The number of carbonyl (C=O) groups is 1. The Kier molecular flexibility index (Phi) is 6.89. The molecule has 0 aromatic carbocycles. The monoisotopic (exact) mass is 258 g/mol. The van der Waals surface area contributed by atoms with Crippen LogP contribution in [0.15, 0.2) is 12.3 Å². The van der Waals surface area contributed by atoms with Gasteiger partial charge in [-0.2, -0.15) is 0 Å². The van der Waals surface area contributed by atoms with Crippen molar-refractivity contribution in [2.24, 2.45) is 0 Å². The third-order valence-corrected chi connectivity index (χ3v) is 1.74. The average Bonchev–Trinajstić information content (AvgIpc) is 2.22. The lowest BCUT2D eigenvalue weighted by atomic mass is 10.1. The molecule has 0 aliphatic carbocycles. The summed E-state index contributed by atoms with van der Waals surface area (Å²) in [5, 5.41) is 10.1. The maximum Gasteiger partial charge on any atom is 0.290 e. The Morgan fingerprint density at radius 2 is 2.11 bits per heavy atom. The molecule has 0 radical (unpaired) electrons. The first-order valence-corrected chi connectivity index (χ1v) is 5.33. The van der Waals surface area contributed by atoms with E-state index in [0.29, 0.717) is 11.4 Å². The molecule has 0 aliphatic heterocycles. The summed E-state index contributed by atoms with van der Waals surface area (Å²) >= 11 is 0. The molecule has 1 aromatic heterocycles. The normalized spacial score (nSPS) is 10.3. The maximum atomic E-state index is 13.2. The van der Waals surface area contributed by atoms with E-state index in [1.54, 1.807) is 6.07 Å². The highest BCUT2D eigenvalue weighted by Crippen LogP contribution is 2.16. The zero-order valence-corrected chi connectivity index (χ0v) is 11.0. The summed E-state index contributed by atoms with van der Waals surface area (Å²) in [4.78, 5) is 12.3. The summed E-state index contributed by atoms with van der Waals surface area (Å²) in [5.74, 6) is 0.326. The topological polar surface area (TPSA) is 71.5 Å². The van der Waals surface area contributed by atoms with Gasteiger partial charge in [-0.3, -0.25) is 4.79 Å². The second kappa shape index (κ2) is 7.60. The van der Waals surface area contributed by atoms with Gasteiger partial charge in [-0.15, -0.1) is 0 Å². The molecule has 5 nitrogen and oxygen atoms in total. The molecule has 1 heterocycles. The molecule has 2 N–H and O–H groups in total. The van der Waals surface area contributed by atoms with E-state index in [2.05, 4.69) is 10.3 Å². The lowest BCUT2D eigenvalue weighted by molar-refractivity contribution is -0.122. The fourth-order valence-corrected chi connectivity index (χ4v) is 1.20. The van der Waals surface area contributed by atoms with Gasteiger partial charge >= 0.3 is 0 Å². The van der Waals surface area contributed by atoms with Crippen molar-refractivity contribution in [1.82, 2.24) is 4.98 Å². The zero-order chi connectivity index (χ0) is 14.2. The molecule has 1 aromatic rings. The van der Waals surface area contributed by atoms with E-state index < -0.39 is 0 Å². The molecule has 6 heteroatoms. The minimum atomic E-state index is -0.337. The van der Waals surface area contributed by atoms with E-state index in [1.165, 1.54) is 13.3 Å². The van der Waals surface area contributed by atoms with Crippen LogP contribution in [0.3, 0.4) is 0 Å². The second-order valence-electron chi connectivity index (χ2n) is 4.57. The summed E-state index contributed by atoms with van der Waals surface area (Å²) in [6.45, 7) is 6.07. The lowest BCUT2D eigenvalue weighted by Gasteiger charge is -2.21. The van der Waals surface area contributed by atoms with Gasteiger partial charge in [0.05, 0.1) is 12.8 Å². The molecular formula is C12H19FN2O3. The van der Waals surface area contributed by atoms with Gasteiger partial charge in [0.1, 0.15) is 11.6 Å². The van der Waals surface area contributed by atoms with Crippen molar-refractivity contribution in [2.45, 2.75) is 32.9 Å². The number of nitrogens with zero attached hydrogens (tertiary/aromatic N) is 1. The fraction of sp³-hybridized carbons (Fsp3) is 0.500. The third-order valence-electron chi connectivity index (χ3n) is 1.74. The van der Waals surface area contributed by atoms with Gasteiger partial charge < -0.3 is 15.2 Å². The predicted molar refractivity (Wildman–Crippen MR) is 67.0 cm³/mol. The Morgan fingerprint density at radius 3 is 2.56 bits per heavy atom. The van der Waals surface area contributed by atoms with E-state index in [-0.39, 0.29) is 24.4 Å². The van der Waals surface area contributed by atoms with Crippen molar-refractivity contribution in [3.05, 3.63) is 23.6 Å². The molecule has 18 heavy (non-hydrogen) atoms. The molecule has 0 fully saturated rings. The van der Waals surface area contributed by atoms with Crippen LogP contribution in [0.2, 0.25) is 0 Å². The molecular weight excluding hydrogens is 239 g/mol. The number of pyridine rings is 1. The molecule has 0 saturated carbocycles. The Hall–Kier alpha value is -1.69. The Labute approximate surface area is 106 Å². The number of hydrogen-bond donors (Lipinski definition) is 2. The number of nitrogens with one attached hydrogen (secondary N) is 1. The van der Waals surface area contributed by atoms with Crippen LogP contribution in [0.4, 0.5) is 10.2 Å². The van der Waals surface area contributed by atoms with Crippen LogP contribution >= 0.6 is 0 Å². The number of rotatable bonds is 3. The molecule has 0 aliphatic rings. The molecule has 0 saturated heterocycles. The minimum absolute atomic E-state index is 0.0881. The van der Waals surface area contributed by atoms with Crippen LogP contribution in [0, 0.1) is 5.82 Å². The molecule has 102 valence electrons. The van der Waals surface area contributed by atoms with Crippen molar-refractivity contribution in [1.29, 1.82) is 0 Å². The van der Waals surface area contributed by atoms with Crippen molar-refractivity contribution >= 4 is 12.3 Å². The number of halogens is 1. The van der Waals surface area contributed by atoms with Crippen LogP contribution < -0.4 is 5.32 Å². The van der Waals surface area contributed by atoms with E-state index >= 15 is 0 Å². The maximum absolute atomic E-state index is 13.2. The minimum Gasteiger partial charge on any atom is -0.483 e. The average molecular weight is 258 g/mol. The first kappa shape index (κ1) is 16.3. The number of hydrogen-bond acceptors (Lipinski definition) is 4. The first-order chi connectivity index (χ1) is 8.34. The quantitative estimate of drug-likeness (QED) is 0.814. The third kappa shape index (κ3) is 6.80. The fourth-order valence-electron chi connectivity index (χ4n) is 1.20. The van der Waals surface area contributed by atoms with Crippen LogP contribution in [0.1, 0.15) is 26.3 Å². The summed E-state index contributed by atoms with van der Waals surface area (Å²) in [5.41, 5.74) is 0.425. The van der Waals surface area contributed by atoms with Crippen molar-refractivity contribution < 1.29 is 19.0 Å². The van der Waals surface area contributed by atoms with Crippen LogP contribution in [0.5, 0.6) is 0 Å². The van der Waals surface area contributed by atoms with Gasteiger partial charge in [0.25, 0.3) is 6.47 Å². The predicted octanol–water partition coefficient (Wildman–Crippen LogP) is 2.28. The summed E-state index contributed by atoms with van der Waals surface area (Å²) in [7, 11) is 1.54. The van der Waals surface area contributed by atoms with Crippen LogP contribution in [-0.4, -0.2) is 29.2 Å². The largest absolute Gasteiger partial charge is 0.483 e. The van der Waals surface area contributed by atoms with Crippen molar-refractivity contribution in [3.63, 3.8) is 0 Å². The highest BCUT2D eigenvalue weighted by atomic mass is 19.1. The van der Waals surface area contributed by atoms with E-state index in [4.69, 9.17) is 14.6 Å². The summed E-state index contributed by atoms with van der Waals surface area (Å²) < 4.78 is 18.1. The Balaban J connectivity index is 0.000000873. The molecule has 0 atom stereocenters. The Bertz CT molecular complexity index is 378. The summed E-state index contributed by atoms with van der Waals surface area (Å²) in [6.07, 6.45) is 1.21. The van der Waals surface area contributed by atoms with Crippen LogP contribution in [0.25, 0.3) is 0 Å². The summed E-state index contributed by atoms with van der Waals surface area (Å²) in [6, 6.07) is 1.67. The second-order valence-corrected chi connectivity index (χ2v) is 4.57. The van der Waals surface area contributed by atoms with Gasteiger partial charge in [-0.1, -0.05) is 0 Å². The standard InChI is InChI=1S/C11H17FN2O.CH2O2/c1-11(2,3)14-10-5-8(7-15-4)9(12)6-13-10;2-1-3/h5-6H,7H2,1-4H3,(H,13,14);1H,(H,2,3). The van der Waals surface area contributed by atoms with Gasteiger partial charge in [-0.25, -0.2) is 9.37 Å². The Morgan fingerprint density at radius 1 is 1.56 bits per heavy atom. The smallest absolute Gasteiger partial charge is 0.290 e. The first-order valence-electron chi connectivity index (χ1n) is 5.33. The van der Waals surface area contributed by atoms with E-state index in [1.807, 2.05) is 20.8 Å². The molecule has 0 spiro atoms. The molecule has 0 bridgehead atoms. The number of anilines is 1. The van der Waals surface area contributed by atoms with Crippen molar-refractivity contribution in [3.8, 4) is 0 Å². The SMILES string of the molecule is COCc1cc(NC(C)(C)C)ncc1F.O=CO. The number of ether oxygens (including phenoxy) is 1. The van der Waals surface area contributed by atoms with E-state index in [9.17, 15) is 4.39 Å². The zero-order valence-electron chi connectivity index (χ0n) is 11.0. The van der Waals surface area contributed by atoms with E-state index in [0.717, 1.165) is 0 Å². The molecule has 1 rings (SSSR count). The van der Waals surface area contributed by atoms with Crippen LogP contribution in [-0.2, 0) is 16.1 Å². The van der Waals surface area contributed by atoms with Gasteiger partial charge in [-0.05, 0) is 26.8 Å². The number of carboxylic acid groups (broad SMARTS) is 1. The lowest BCUT2D eigenvalue weighted by Crippen LogP contribution is -2.26. The molecule has 0 amide bonds. The highest BCUT2D eigenvalue weighted by molar-refractivity contribution is 5.39. The molecule has 0 unspecified atom stereocenters. The van der Waals surface area contributed by atoms with Gasteiger partial charge in [0, 0.05) is 18.2 Å².